The van der Waals surface area contributed by atoms with Gasteiger partial charge < -0.3 is 18.9 Å². The molecule has 1 atom stereocenters. The fourth-order valence-electron chi connectivity index (χ4n) is 2.42. The fraction of sp³-hybridized carbons (Fsp3) is 0.500. The summed E-state index contributed by atoms with van der Waals surface area (Å²) in [6, 6.07) is 3.07. The van der Waals surface area contributed by atoms with E-state index < -0.39 is 5.91 Å². The quantitative estimate of drug-likeness (QED) is 0.534. The van der Waals surface area contributed by atoms with Crippen LogP contribution in [-0.4, -0.2) is 54.4 Å². The number of nitrogens with one attached hydrogen (secondary N) is 1. The van der Waals surface area contributed by atoms with Crippen molar-refractivity contribution in [3.05, 3.63) is 28.8 Å². The second kappa shape index (κ2) is 11.5. The van der Waals surface area contributed by atoms with Crippen LogP contribution in [0, 0.1) is 0 Å². The van der Waals surface area contributed by atoms with Gasteiger partial charge in [0.2, 0.25) is 11.8 Å². The van der Waals surface area contributed by atoms with E-state index in [1.165, 1.54) is 23.5 Å². The van der Waals surface area contributed by atoms with Crippen molar-refractivity contribution in [2.24, 2.45) is 0 Å². The summed E-state index contributed by atoms with van der Waals surface area (Å²) in [6.07, 6.45) is -0.321. The standard InChI is InChI=1S/C20H27N3O6S/c1-6-27-18(24)9-15-11-30-20(21-15)23-19(25)14-7-16(28-12(2)3)22-17(8-14)29-13(4)10-26-5/h7-8,11-13H,6,9-10H2,1-5H3,(H,21,23,25)/t13-/m1/s1. The van der Waals surface area contributed by atoms with Crippen molar-refractivity contribution in [2.45, 2.75) is 46.3 Å². The molecule has 9 nitrogen and oxygen atoms in total. The van der Waals surface area contributed by atoms with Crippen LogP contribution in [0.5, 0.6) is 11.8 Å². The number of thiazole rings is 1. The maximum absolute atomic E-state index is 12.8. The molecule has 2 aromatic rings. The summed E-state index contributed by atoms with van der Waals surface area (Å²) in [4.78, 5) is 32.9. The Bertz CT molecular complexity index is 855. The average molecular weight is 438 g/mol. The highest BCUT2D eigenvalue weighted by atomic mass is 32.1. The van der Waals surface area contributed by atoms with Crippen LogP contribution in [0.15, 0.2) is 17.5 Å². The molecule has 0 bridgehead atoms. The first-order valence-corrected chi connectivity index (χ1v) is 10.4. The fourth-order valence-corrected chi connectivity index (χ4v) is 3.13. The Kier molecular flexibility index (Phi) is 9.00. The summed E-state index contributed by atoms with van der Waals surface area (Å²) in [6.45, 7) is 7.99. The van der Waals surface area contributed by atoms with Crippen molar-refractivity contribution in [1.82, 2.24) is 9.97 Å². The van der Waals surface area contributed by atoms with Crippen molar-refractivity contribution in [2.75, 3.05) is 25.6 Å². The number of anilines is 1. The second-order valence-electron chi connectivity index (χ2n) is 6.66. The predicted octanol–water partition coefficient (Wildman–Crippen LogP) is 3.10. The summed E-state index contributed by atoms with van der Waals surface area (Å²) in [5.41, 5.74) is 0.840. The van der Waals surface area contributed by atoms with Crippen LogP contribution in [0.4, 0.5) is 5.13 Å². The lowest BCUT2D eigenvalue weighted by Crippen LogP contribution is -2.20. The molecule has 0 aliphatic heterocycles. The Hall–Kier alpha value is -2.72. The highest BCUT2D eigenvalue weighted by Gasteiger charge is 2.16. The number of hydrogen-bond acceptors (Lipinski definition) is 9. The third-order valence-corrected chi connectivity index (χ3v) is 4.33. The van der Waals surface area contributed by atoms with Crippen LogP contribution >= 0.6 is 11.3 Å². The molecule has 0 radical (unpaired) electrons. The van der Waals surface area contributed by atoms with Crippen LogP contribution in [0.1, 0.15) is 43.7 Å². The molecule has 0 saturated carbocycles. The number of carbonyl (C=O) groups excluding carboxylic acids is 2. The largest absolute Gasteiger partial charge is 0.475 e. The molecule has 2 heterocycles. The molecule has 1 N–H and O–H groups in total. The SMILES string of the molecule is CCOC(=O)Cc1csc(NC(=O)c2cc(OC(C)C)nc(O[C@H](C)COC)c2)n1. The van der Waals surface area contributed by atoms with Gasteiger partial charge in [-0.15, -0.1) is 11.3 Å². The zero-order valence-electron chi connectivity index (χ0n) is 17.8. The van der Waals surface area contributed by atoms with E-state index in [4.69, 9.17) is 18.9 Å². The van der Waals surface area contributed by atoms with E-state index in [2.05, 4.69) is 15.3 Å². The molecule has 0 spiro atoms. The average Bonchev–Trinajstić information content (AvgIpc) is 3.07. The first-order valence-electron chi connectivity index (χ1n) is 9.56. The van der Waals surface area contributed by atoms with Crippen molar-refractivity contribution < 1.29 is 28.5 Å². The number of ether oxygens (including phenoxy) is 4. The van der Waals surface area contributed by atoms with Crippen LogP contribution in [0.3, 0.4) is 0 Å². The maximum Gasteiger partial charge on any atom is 0.311 e. The van der Waals surface area contributed by atoms with Gasteiger partial charge in [-0.3, -0.25) is 14.9 Å². The van der Waals surface area contributed by atoms with Gasteiger partial charge in [-0.25, -0.2) is 4.98 Å². The number of pyridine rings is 1. The summed E-state index contributed by atoms with van der Waals surface area (Å²) in [7, 11) is 1.58. The number of rotatable bonds is 11. The number of aromatic nitrogens is 2. The minimum Gasteiger partial charge on any atom is -0.475 e. The lowest BCUT2D eigenvalue weighted by molar-refractivity contribution is -0.142. The van der Waals surface area contributed by atoms with E-state index in [0.29, 0.717) is 29.6 Å². The molecule has 2 rings (SSSR count). The van der Waals surface area contributed by atoms with E-state index >= 15 is 0 Å². The van der Waals surface area contributed by atoms with Gasteiger partial charge in [0, 0.05) is 24.6 Å². The van der Waals surface area contributed by atoms with Crippen LogP contribution in [0.25, 0.3) is 0 Å². The second-order valence-corrected chi connectivity index (χ2v) is 7.52. The van der Waals surface area contributed by atoms with E-state index in [-0.39, 0.29) is 36.4 Å². The van der Waals surface area contributed by atoms with E-state index in [0.717, 1.165) is 0 Å². The normalized spacial score (nSPS) is 11.8. The lowest BCUT2D eigenvalue weighted by Gasteiger charge is -2.16. The highest BCUT2D eigenvalue weighted by Crippen LogP contribution is 2.22. The Labute approximate surface area is 179 Å². The first kappa shape index (κ1) is 23.6. The molecule has 30 heavy (non-hydrogen) atoms. The zero-order chi connectivity index (χ0) is 22.1. The van der Waals surface area contributed by atoms with Gasteiger partial charge in [-0.1, -0.05) is 0 Å². The number of nitrogens with zero attached hydrogens (tertiary/aromatic N) is 2. The molecule has 0 unspecified atom stereocenters. The molecule has 10 heteroatoms. The molecule has 0 fully saturated rings. The first-order chi connectivity index (χ1) is 14.3. The van der Waals surface area contributed by atoms with E-state index in [1.54, 1.807) is 19.4 Å². The number of esters is 1. The van der Waals surface area contributed by atoms with Gasteiger partial charge in [0.1, 0.15) is 6.10 Å². The highest BCUT2D eigenvalue weighted by molar-refractivity contribution is 7.14. The Morgan fingerprint density at radius 2 is 1.83 bits per heavy atom. The summed E-state index contributed by atoms with van der Waals surface area (Å²) < 4.78 is 21.3. The van der Waals surface area contributed by atoms with Gasteiger partial charge in [0.05, 0.1) is 37.0 Å². The maximum atomic E-state index is 12.8. The van der Waals surface area contributed by atoms with Crippen molar-refractivity contribution in [3.8, 4) is 11.8 Å². The zero-order valence-corrected chi connectivity index (χ0v) is 18.6. The van der Waals surface area contributed by atoms with Crippen molar-refractivity contribution >= 4 is 28.3 Å². The smallest absolute Gasteiger partial charge is 0.311 e. The predicted molar refractivity (Wildman–Crippen MR) is 112 cm³/mol. The molecule has 0 saturated heterocycles. The third kappa shape index (κ3) is 7.60. The van der Waals surface area contributed by atoms with E-state index in [1.807, 2.05) is 20.8 Å². The Morgan fingerprint density at radius 1 is 1.13 bits per heavy atom. The Morgan fingerprint density at radius 3 is 2.47 bits per heavy atom. The number of amides is 1. The van der Waals surface area contributed by atoms with Crippen LogP contribution in [0.2, 0.25) is 0 Å². The molecule has 1 amide bonds. The third-order valence-electron chi connectivity index (χ3n) is 3.52. The van der Waals surface area contributed by atoms with Gasteiger partial charge in [-0.2, -0.15) is 4.98 Å². The summed E-state index contributed by atoms with van der Waals surface area (Å²) >= 11 is 1.22. The molecule has 0 aliphatic carbocycles. The van der Waals surface area contributed by atoms with Crippen molar-refractivity contribution in [3.63, 3.8) is 0 Å². The number of methoxy groups -OCH3 is 1. The van der Waals surface area contributed by atoms with E-state index in [9.17, 15) is 9.59 Å². The van der Waals surface area contributed by atoms with Gasteiger partial charge in [0.15, 0.2) is 5.13 Å². The topological polar surface area (TPSA) is 109 Å². The van der Waals surface area contributed by atoms with Crippen LogP contribution in [-0.2, 0) is 20.7 Å². The monoisotopic (exact) mass is 437 g/mol. The molecule has 0 aromatic carbocycles. The molecule has 2 aromatic heterocycles. The molecule has 0 aliphatic rings. The number of carbonyl (C=O) groups is 2. The lowest BCUT2D eigenvalue weighted by atomic mass is 10.2. The van der Waals surface area contributed by atoms with Gasteiger partial charge in [0.25, 0.3) is 5.91 Å². The van der Waals surface area contributed by atoms with Gasteiger partial charge >= 0.3 is 5.97 Å². The Balaban J connectivity index is 2.15. The number of hydrogen-bond donors (Lipinski definition) is 1. The molecular weight excluding hydrogens is 410 g/mol. The molecular formula is C20H27N3O6S. The molecule has 164 valence electrons. The summed E-state index contributed by atoms with van der Waals surface area (Å²) in [5, 5.41) is 4.80. The summed E-state index contributed by atoms with van der Waals surface area (Å²) in [5.74, 6) is -0.228. The van der Waals surface area contributed by atoms with Crippen molar-refractivity contribution in [1.29, 1.82) is 0 Å². The minimum atomic E-state index is -0.396. The van der Waals surface area contributed by atoms with Gasteiger partial charge in [-0.05, 0) is 27.7 Å². The minimum absolute atomic E-state index is 0.0528. The van der Waals surface area contributed by atoms with Crippen LogP contribution < -0.4 is 14.8 Å².